The first-order valence-corrected chi connectivity index (χ1v) is 43.6. The molecule has 4 aromatic heterocycles. The molecule has 4 heterocycles. The summed E-state index contributed by atoms with van der Waals surface area (Å²) in [4.78, 5) is 11.8. The largest absolute Gasteiger partial charge is 0.311 e. The van der Waals surface area contributed by atoms with Gasteiger partial charge in [0, 0.05) is 100 Å². The molecule has 0 saturated heterocycles. The summed E-state index contributed by atoms with van der Waals surface area (Å²) in [6, 6.07) is 153. The number of rotatable bonds is 18. The van der Waals surface area contributed by atoms with Gasteiger partial charge in [0.25, 0.3) is 0 Å². The number of hydrogen-bond acceptors (Lipinski definition) is 8. The molecule has 0 aliphatic heterocycles. The van der Waals surface area contributed by atoms with Crippen molar-refractivity contribution in [1.29, 1.82) is 0 Å². The Kier molecular flexibility index (Phi) is 23.2. The summed E-state index contributed by atoms with van der Waals surface area (Å²) in [7, 11) is 0. The Morgan fingerprint density at radius 1 is 0.181 bits per heavy atom. The Morgan fingerprint density at radius 3 is 0.552 bits per heavy atom. The molecular formula is C106H80Br2N4S4. The van der Waals surface area contributed by atoms with Crippen molar-refractivity contribution in [3.63, 3.8) is 0 Å². The highest BCUT2D eigenvalue weighted by Crippen LogP contribution is 2.57. The lowest BCUT2D eigenvalue weighted by molar-refractivity contribution is 0.590. The van der Waals surface area contributed by atoms with Gasteiger partial charge >= 0.3 is 0 Å². The number of nitrogens with zero attached hydrogens (tertiary/aromatic N) is 4. The number of fused-ring (bicyclic) bond motifs is 2. The molecule has 0 spiro atoms. The van der Waals surface area contributed by atoms with E-state index >= 15 is 0 Å². The van der Waals surface area contributed by atoms with Crippen LogP contribution in [0.3, 0.4) is 0 Å². The summed E-state index contributed by atoms with van der Waals surface area (Å²) in [6.45, 7) is 6.67. The van der Waals surface area contributed by atoms with Crippen molar-refractivity contribution in [2.45, 2.75) is 26.2 Å². The fourth-order valence-corrected chi connectivity index (χ4v) is 22.3. The Morgan fingerprint density at radius 2 is 0.353 bits per heavy atom. The molecule has 15 aromatic carbocycles. The summed E-state index contributed by atoms with van der Waals surface area (Å²) in [5, 5.41) is 0. The third-order valence-corrected chi connectivity index (χ3v) is 27.0. The molecule has 0 atom stereocenters. The van der Waals surface area contributed by atoms with Crippen molar-refractivity contribution in [2.75, 3.05) is 19.6 Å². The van der Waals surface area contributed by atoms with Gasteiger partial charge in [0.2, 0.25) is 0 Å². The molecular weight excluding hydrogens is 1620 g/mol. The van der Waals surface area contributed by atoms with Gasteiger partial charge in [-0.3, -0.25) is 0 Å². The lowest BCUT2D eigenvalue weighted by Crippen LogP contribution is -2.10. The van der Waals surface area contributed by atoms with Crippen molar-refractivity contribution in [3.05, 3.63) is 444 Å². The minimum atomic E-state index is 0.293. The predicted molar refractivity (Wildman–Crippen MR) is 511 cm³/mol. The molecule has 0 bridgehead atoms. The van der Waals surface area contributed by atoms with Crippen molar-refractivity contribution in [1.82, 2.24) is 0 Å². The third kappa shape index (κ3) is 16.6. The number of anilines is 12. The molecule has 19 aromatic rings. The second-order valence-corrected chi connectivity index (χ2v) is 35.7. The Hall–Kier alpha value is -12.2. The Bertz CT molecular complexity index is 5840. The van der Waals surface area contributed by atoms with Gasteiger partial charge in [0.15, 0.2) is 0 Å². The quantitative estimate of drug-likeness (QED) is 0.0849. The molecule has 0 saturated carbocycles. The number of halogens is 2. The van der Waals surface area contributed by atoms with E-state index in [0.717, 1.165) is 75.8 Å². The summed E-state index contributed by atoms with van der Waals surface area (Å²) in [6.07, 6.45) is 0. The molecule has 0 N–H and O–H groups in total. The highest BCUT2D eigenvalue weighted by atomic mass is 79.9. The zero-order valence-corrected chi connectivity index (χ0v) is 70.6. The van der Waals surface area contributed by atoms with E-state index in [1.165, 1.54) is 89.8 Å². The summed E-state index contributed by atoms with van der Waals surface area (Å²) in [5.74, 6) is 0. The minimum absolute atomic E-state index is 0.293. The molecule has 4 nitrogen and oxygen atoms in total. The summed E-state index contributed by atoms with van der Waals surface area (Å²) >= 11 is 15.3. The summed E-state index contributed by atoms with van der Waals surface area (Å²) < 4.78 is 7.47. The van der Waals surface area contributed by atoms with Gasteiger partial charge < -0.3 is 19.6 Å². The standard InChI is InChI=1S/C54H38N2S2.C42H28Br2N2S2.C10H14/c1-7-19-41(20-8-1)51-49(39-31-35-47(36-32-39)55(43-23-11-3-12-24-43)44-25-13-4-14-26-44)53-54(57-51)50(52(58-53)42-21-9-2-10-22-42)40-33-37-48(38-34-40)56(45-27-15-5-16-28-45)46-29-17-6-18-30-46;43-41-37(29-21-25-35(26-22-29)45(31-13-5-1-6-14-31)32-15-7-2-8-16-32)39-40(48-41)38(42(44)47-39)30-23-27-36(28-24-30)46(33-17-9-3-10-18-33)34-19-11-4-12-20-34;1-10(2,3)9-7-5-4-6-8-9/h1-38H;1-28H;4-8H,1-3H3. The minimum Gasteiger partial charge on any atom is -0.311 e. The van der Waals surface area contributed by atoms with E-state index in [1.54, 1.807) is 22.7 Å². The van der Waals surface area contributed by atoms with Crippen LogP contribution in [0.5, 0.6) is 0 Å². The molecule has 0 unspecified atom stereocenters. The van der Waals surface area contributed by atoms with Crippen LogP contribution in [0.1, 0.15) is 26.3 Å². The van der Waals surface area contributed by atoms with Crippen LogP contribution in [0.25, 0.3) is 84.2 Å². The normalized spacial score (nSPS) is 11.1. The van der Waals surface area contributed by atoms with Crippen molar-refractivity contribution in [2.24, 2.45) is 0 Å². The van der Waals surface area contributed by atoms with Gasteiger partial charge in [0.05, 0.1) is 26.4 Å². The van der Waals surface area contributed by atoms with Gasteiger partial charge in [-0.05, 0) is 222 Å². The van der Waals surface area contributed by atoms with Crippen molar-refractivity contribution < 1.29 is 0 Å². The third-order valence-electron chi connectivity index (χ3n) is 20.4. The van der Waals surface area contributed by atoms with Crippen molar-refractivity contribution >= 4 is 164 Å². The highest BCUT2D eigenvalue weighted by molar-refractivity contribution is 9.11. The molecule has 0 aliphatic rings. The van der Waals surface area contributed by atoms with Crippen LogP contribution in [0.4, 0.5) is 68.2 Å². The topological polar surface area (TPSA) is 13.0 Å². The maximum absolute atomic E-state index is 3.95. The fraction of sp³-hybridized carbons (Fsp3) is 0.0377. The van der Waals surface area contributed by atoms with Gasteiger partial charge in [-0.25, -0.2) is 0 Å². The second-order valence-electron chi connectivity index (χ2n) is 29.0. The maximum atomic E-state index is 3.95. The Balaban J connectivity index is 0.000000151. The van der Waals surface area contributed by atoms with Crippen molar-refractivity contribution in [3.8, 4) is 65.4 Å². The van der Waals surface area contributed by atoms with E-state index in [1.807, 2.05) is 22.7 Å². The van der Waals surface area contributed by atoms with E-state index in [4.69, 9.17) is 0 Å². The lowest BCUT2D eigenvalue weighted by Gasteiger charge is -2.25. The molecule has 0 amide bonds. The SMILES string of the molecule is Brc1sc2c(-c3ccc(N(c4ccccc4)c4ccccc4)cc3)c(Br)sc2c1-c1ccc(N(c2ccccc2)c2ccccc2)cc1.CC(C)(C)c1ccccc1.c1ccc(-c2sc3c(-c4ccc(N(c5ccccc5)c5ccccc5)cc4)c(-c4ccccc4)sc3c2-c2ccc(N(c3ccccc3)c3ccccc3)cc2)cc1. The average molecular weight is 1700 g/mol. The molecule has 19 rings (SSSR count). The molecule has 0 aliphatic carbocycles. The van der Waals surface area contributed by atoms with E-state index < -0.39 is 0 Å². The number of thiophene rings is 4. The van der Waals surface area contributed by atoms with E-state index in [9.17, 15) is 0 Å². The van der Waals surface area contributed by atoms with E-state index in [0.29, 0.717) is 5.41 Å². The number of benzene rings is 15. The zero-order valence-electron chi connectivity index (χ0n) is 64.2. The van der Waals surface area contributed by atoms with Crippen LogP contribution in [0, 0.1) is 0 Å². The van der Waals surface area contributed by atoms with Gasteiger partial charge in [-0.15, -0.1) is 45.3 Å². The highest BCUT2D eigenvalue weighted by Gasteiger charge is 2.28. The molecule has 0 radical (unpaired) electrons. The first-order chi connectivity index (χ1) is 57.1. The maximum Gasteiger partial charge on any atom is 0.0798 e. The van der Waals surface area contributed by atoms with E-state index in [2.05, 4.69) is 503 Å². The van der Waals surface area contributed by atoms with Gasteiger partial charge in [-0.1, -0.05) is 306 Å². The van der Waals surface area contributed by atoms with Crippen LogP contribution in [-0.4, -0.2) is 0 Å². The summed E-state index contributed by atoms with van der Waals surface area (Å²) in [5.41, 5.74) is 27.5. The van der Waals surface area contributed by atoms with Gasteiger partial charge in [-0.2, -0.15) is 0 Å². The molecule has 116 heavy (non-hydrogen) atoms. The smallest absolute Gasteiger partial charge is 0.0798 e. The number of para-hydroxylation sites is 8. The Labute approximate surface area is 713 Å². The number of hydrogen-bond donors (Lipinski definition) is 0. The lowest BCUT2D eigenvalue weighted by atomic mass is 9.87. The van der Waals surface area contributed by atoms with Crippen LogP contribution in [-0.2, 0) is 5.41 Å². The molecule has 10 heteroatoms. The van der Waals surface area contributed by atoms with E-state index in [-0.39, 0.29) is 0 Å². The monoisotopic (exact) mass is 1690 g/mol. The fourth-order valence-electron chi connectivity index (χ4n) is 14.9. The zero-order chi connectivity index (χ0) is 78.7. The molecule has 0 fully saturated rings. The first-order valence-electron chi connectivity index (χ1n) is 38.7. The molecule has 562 valence electrons. The van der Waals surface area contributed by atoms with Crippen LogP contribution >= 0.6 is 77.2 Å². The average Bonchev–Trinajstić information content (AvgIpc) is 1.58. The van der Waals surface area contributed by atoms with Gasteiger partial charge in [0.1, 0.15) is 0 Å². The first kappa shape index (κ1) is 76.4. The van der Waals surface area contributed by atoms with Crippen LogP contribution in [0.2, 0.25) is 0 Å². The predicted octanol–water partition coefficient (Wildman–Crippen LogP) is 34.3. The van der Waals surface area contributed by atoms with Crippen LogP contribution < -0.4 is 19.6 Å². The second kappa shape index (κ2) is 35.3. The van der Waals surface area contributed by atoms with Crippen LogP contribution in [0.15, 0.2) is 438 Å².